The molecule has 1 aliphatic heterocycles. The quantitative estimate of drug-likeness (QED) is 0.326. The SMILES string of the molecule is COC(=O)CC1CC(=O)OC(CCCCc2ccc(C(=N)N)cc2)C1. The van der Waals surface area contributed by atoms with Crippen LogP contribution in [0.15, 0.2) is 24.3 Å². The predicted octanol–water partition coefficient (Wildman–Crippen LogP) is 2.57. The summed E-state index contributed by atoms with van der Waals surface area (Å²) in [6, 6.07) is 7.70. The molecule has 2 unspecified atom stereocenters. The van der Waals surface area contributed by atoms with E-state index in [1.165, 1.54) is 12.7 Å². The Bertz CT molecular complexity index is 612. The second-order valence-electron chi connectivity index (χ2n) is 6.55. The van der Waals surface area contributed by atoms with Crippen LogP contribution in [0.2, 0.25) is 0 Å². The van der Waals surface area contributed by atoms with E-state index in [4.69, 9.17) is 15.9 Å². The number of carbonyl (C=O) groups excluding carboxylic acids is 2. The minimum atomic E-state index is -0.271. The lowest BCUT2D eigenvalue weighted by atomic mass is 9.90. The first-order chi connectivity index (χ1) is 12.0. The van der Waals surface area contributed by atoms with Crippen LogP contribution in [0.25, 0.3) is 0 Å². The molecule has 0 radical (unpaired) electrons. The number of amidine groups is 1. The molecule has 25 heavy (non-hydrogen) atoms. The molecule has 1 aliphatic rings. The Balaban J connectivity index is 1.72. The molecule has 1 fully saturated rings. The summed E-state index contributed by atoms with van der Waals surface area (Å²) in [7, 11) is 1.36. The van der Waals surface area contributed by atoms with Crippen molar-refractivity contribution < 1.29 is 19.1 Å². The van der Waals surface area contributed by atoms with Gasteiger partial charge in [0.15, 0.2) is 0 Å². The lowest BCUT2D eigenvalue weighted by Gasteiger charge is -2.28. The molecule has 6 heteroatoms. The highest BCUT2D eigenvalue weighted by atomic mass is 16.5. The molecule has 1 saturated heterocycles. The molecule has 0 saturated carbocycles. The van der Waals surface area contributed by atoms with Gasteiger partial charge in [0.25, 0.3) is 0 Å². The first kappa shape index (κ1) is 19.0. The van der Waals surface area contributed by atoms with Crippen LogP contribution in [0.4, 0.5) is 0 Å². The third-order valence-electron chi connectivity index (χ3n) is 4.54. The number of aryl methyl sites for hydroxylation is 1. The van der Waals surface area contributed by atoms with Gasteiger partial charge in [0.05, 0.1) is 7.11 Å². The first-order valence-electron chi connectivity index (χ1n) is 8.67. The zero-order chi connectivity index (χ0) is 18.2. The van der Waals surface area contributed by atoms with Crippen molar-refractivity contribution in [1.82, 2.24) is 0 Å². The Kier molecular flexibility index (Phi) is 6.98. The summed E-state index contributed by atoms with van der Waals surface area (Å²) < 4.78 is 10.1. The van der Waals surface area contributed by atoms with Crippen molar-refractivity contribution in [3.8, 4) is 0 Å². The number of carbonyl (C=O) groups is 2. The van der Waals surface area contributed by atoms with E-state index in [0.717, 1.165) is 37.7 Å². The molecular formula is C19H26N2O4. The largest absolute Gasteiger partial charge is 0.469 e. The minimum Gasteiger partial charge on any atom is -0.469 e. The number of nitrogens with one attached hydrogen (secondary N) is 1. The molecule has 2 atom stereocenters. The molecule has 1 aromatic carbocycles. The Labute approximate surface area is 148 Å². The lowest BCUT2D eigenvalue weighted by molar-refractivity contribution is -0.158. The van der Waals surface area contributed by atoms with Crippen LogP contribution >= 0.6 is 0 Å². The van der Waals surface area contributed by atoms with E-state index < -0.39 is 0 Å². The second-order valence-corrected chi connectivity index (χ2v) is 6.55. The van der Waals surface area contributed by atoms with Crippen LogP contribution in [-0.4, -0.2) is 31.0 Å². The van der Waals surface area contributed by atoms with Crippen LogP contribution in [-0.2, 0) is 25.5 Å². The Morgan fingerprint density at radius 2 is 2.04 bits per heavy atom. The average Bonchev–Trinajstić information content (AvgIpc) is 2.58. The van der Waals surface area contributed by atoms with Gasteiger partial charge in [-0.15, -0.1) is 0 Å². The first-order valence-corrected chi connectivity index (χ1v) is 8.67. The number of ether oxygens (including phenoxy) is 2. The van der Waals surface area contributed by atoms with Gasteiger partial charge in [-0.1, -0.05) is 24.3 Å². The van der Waals surface area contributed by atoms with Gasteiger partial charge in [-0.2, -0.15) is 0 Å². The molecule has 136 valence electrons. The summed E-state index contributed by atoms with van der Waals surface area (Å²) in [5.41, 5.74) is 7.38. The monoisotopic (exact) mass is 346 g/mol. The third-order valence-corrected chi connectivity index (χ3v) is 4.54. The van der Waals surface area contributed by atoms with E-state index in [0.29, 0.717) is 6.42 Å². The number of rotatable bonds is 8. The van der Waals surface area contributed by atoms with Gasteiger partial charge in [-0.3, -0.25) is 15.0 Å². The number of methoxy groups -OCH3 is 1. The summed E-state index contributed by atoms with van der Waals surface area (Å²) >= 11 is 0. The maximum atomic E-state index is 11.7. The fourth-order valence-electron chi connectivity index (χ4n) is 3.18. The van der Waals surface area contributed by atoms with E-state index in [-0.39, 0.29) is 36.2 Å². The van der Waals surface area contributed by atoms with Gasteiger partial charge < -0.3 is 15.2 Å². The molecule has 0 aromatic heterocycles. The van der Waals surface area contributed by atoms with E-state index in [2.05, 4.69) is 4.74 Å². The number of cyclic esters (lactones) is 1. The normalized spacial score (nSPS) is 20.0. The number of nitrogen functional groups attached to an aromatic ring is 1. The predicted molar refractivity (Wildman–Crippen MR) is 94.3 cm³/mol. The van der Waals surface area contributed by atoms with Crippen LogP contribution in [0.3, 0.4) is 0 Å². The van der Waals surface area contributed by atoms with Gasteiger partial charge in [0.1, 0.15) is 11.9 Å². The Hall–Kier alpha value is -2.37. The highest BCUT2D eigenvalue weighted by molar-refractivity contribution is 5.94. The number of hydrogen-bond acceptors (Lipinski definition) is 5. The maximum Gasteiger partial charge on any atom is 0.306 e. The zero-order valence-electron chi connectivity index (χ0n) is 14.6. The van der Waals surface area contributed by atoms with Crippen molar-refractivity contribution in [2.24, 2.45) is 11.7 Å². The summed E-state index contributed by atoms with van der Waals surface area (Å²) in [5, 5.41) is 7.38. The molecule has 0 bridgehead atoms. The Morgan fingerprint density at radius 1 is 1.32 bits per heavy atom. The molecule has 0 amide bonds. The fourth-order valence-corrected chi connectivity index (χ4v) is 3.18. The van der Waals surface area contributed by atoms with Gasteiger partial charge in [0, 0.05) is 18.4 Å². The van der Waals surface area contributed by atoms with Crippen molar-refractivity contribution >= 4 is 17.8 Å². The summed E-state index contributed by atoms with van der Waals surface area (Å²) in [5.74, 6) is -0.387. The third kappa shape index (κ3) is 6.21. The zero-order valence-corrected chi connectivity index (χ0v) is 14.6. The molecule has 6 nitrogen and oxygen atoms in total. The van der Waals surface area contributed by atoms with E-state index in [9.17, 15) is 9.59 Å². The number of benzene rings is 1. The van der Waals surface area contributed by atoms with Crippen molar-refractivity contribution in [1.29, 1.82) is 5.41 Å². The van der Waals surface area contributed by atoms with Crippen LogP contribution in [0.1, 0.15) is 49.7 Å². The van der Waals surface area contributed by atoms with Crippen molar-refractivity contribution in [2.45, 2.75) is 51.0 Å². The maximum absolute atomic E-state index is 11.7. The number of esters is 2. The topological polar surface area (TPSA) is 102 Å². The molecule has 3 N–H and O–H groups in total. The molecular weight excluding hydrogens is 320 g/mol. The van der Waals surface area contributed by atoms with Crippen LogP contribution in [0.5, 0.6) is 0 Å². The number of nitrogens with two attached hydrogens (primary N) is 1. The standard InChI is InChI=1S/C19H26N2O4/c1-24-17(22)11-14-10-16(25-18(23)12-14)5-3-2-4-13-6-8-15(9-7-13)19(20)21/h6-9,14,16H,2-5,10-12H2,1H3,(H3,20,21). The molecule has 0 aliphatic carbocycles. The summed E-state index contributed by atoms with van der Waals surface area (Å²) in [4.78, 5) is 23.1. The van der Waals surface area contributed by atoms with Gasteiger partial charge >= 0.3 is 11.9 Å². The van der Waals surface area contributed by atoms with Crippen LogP contribution < -0.4 is 5.73 Å². The molecule has 1 aromatic rings. The fraction of sp³-hybridized carbons (Fsp3) is 0.526. The van der Waals surface area contributed by atoms with Gasteiger partial charge in [0.2, 0.25) is 0 Å². The summed E-state index contributed by atoms with van der Waals surface area (Å²) in [6.45, 7) is 0. The van der Waals surface area contributed by atoms with Gasteiger partial charge in [-0.05, 0) is 43.6 Å². The second kappa shape index (κ2) is 9.20. The smallest absolute Gasteiger partial charge is 0.306 e. The molecule has 0 spiro atoms. The Morgan fingerprint density at radius 3 is 2.68 bits per heavy atom. The van der Waals surface area contributed by atoms with Crippen LogP contribution in [0, 0.1) is 11.3 Å². The van der Waals surface area contributed by atoms with E-state index in [1.807, 2.05) is 24.3 Å². The number of unbranched alkanes of at least 4 members (excludes halogenated alkanes) is 1. The van der Waals surface area contributed by atoms with Crippen molar-refractivity contribution in [3.05, 3.63) is 35.4 Å². The van der Waals surface area contributed by atoms with E-state index >= 15 is 0 Å². The van der Waals surface area contributed by atoms with E-state index in [1.54, 1.807) is 0 Å². The lowest BCUT2D eigenvalue weighted by Crippen LogP contribution is -2.31. The highest BCUT2D eigenvalue weighted by Gasteiger charge is 2.29. The number of hydrogen-bond donors (Lipinski definition) is 2. The van der Waals surface area contributed by atoms with Crippen molar-refractivity contribution in [2.75, 3.05) is 7.11 Å². The summed E-state index contributed by atoms with van der Waals surface area (Å²) in [6.07, 6.45) is 4.91. The highest BCUT2D eigenvalue weighted by Crippen LogP contribution is 2.27. The van der Waals surface area contributed by atoms with Crippen molar-refractivity contribution in [3.63, 3.8) is 0 Å². The van der Waals surface area contributed by atoms with Gasteiger partial charge in [-0.25, -0.2) is 0 Å². The average molecular weight is 346 g/mol. The molecule has 2 rings (SSSR count). The minimum absolute atomic E-state index is 0.0258. The molecule has 1 heterocycles.